The van der Waals surface area contributed by atoms with E-state index >= 15 is 0 Å². The molecule has 31 heavy (non-hydrogen) atoms. The van der Waals surface area contributed by atoms with E-state index in [-0.39, 0.29) is 42.7 Å². The second-order valence-electron chi connectivity index (χ2n) is 7.81. The quantitative estimate of drug-likeness (QED) is 0.705. The number of alkyl halides is 3. The number of hydrogen-bond acceptors (Lipinski definition) is 4. The summed E-state index contributed by atoms with van der Waals surface area (Å²) in [6.07, 6.45) is -4.47. The maximum atomic E-state index is 13.2. The zero-order valence-electron chi connectivity index (χ0n) is 17.8. The van der Waals surface area contributed by atoms with Gasteiger partial charge in [-0.25, -0.2) is 8.42 Å². The lowest BCUT2D eigenvalue weighted by atomic mass is 10.1. The second-order valence-corrected chi connectivity index (χ2v) is 9.68. The maximum Gasteiger partial charge on any atom is 0.416 e. The molecule has 3 rings (SSSR count). The van der Waals surface area contributed by atoms with E-state index in [1.165, 1.54) is 9.21 Å². The van der Waals surface area contributed by atoms with Crippen molar-refractivity contribution in [3.8, 4) is 0 Å². The van der Waals surface area contributed by atoms with Crippen LogP contribution in [-0.4, -0.2) is 59.5 Å². The molecule has 1 aromatic heterocycles. The molecule has 0 unspecified atom stereocenters. The highest BCUT2D eigenvalue weighted by atomic mass is 32.2. The Kier molecular flexibility index (Phi) is 6.21. The average Bonchev–Trinajstić information content (AvgIpc) is 3.02. The van der Waals surface area contributed by atoms with Gasteiger partial charge in [-0.3, -0.25) is 9.48 Å². The molecular formula is C20H25F3N4O3S. The van der Waals surface area contributed by atoms with Gasteiger partial charge >= 0.3 is 6.18 Å². The first kappa shape index (κ1) is 23.3. The molecule has 1 saturated heterocycles. The van der Waals surface area contributed by atoms with Gasteiger partial charge in [0.25, 0.3) is 5.91 Å². The molecule has 0 aliphatic carbocycles. The molecule has 1 aliphatic rings. The maximum absolute atomic E-state index is 13.2. The van der Waals surface area contributed by atoms with E-state index in [0.29, 0.717) is 11.4 Å². The first-order valence-corrected chi connectivity index (χ1v) is 11.3. The van der Waals surface area contributed by atoms with Crippen molar-refractivity contribution in [3.05, 3.63) is 46.8 Å². The van der Waals surface area contributed by atoms with Gasteiger partial charge in [0.2, 0.25) is 10.0 Å². The van der Waals surface area contributed by atoms with Crippen molar-refractivity contribution in [1.82, 2.24) is 19.0 Å². The second kappa shape index (κ2) is 8.27. The largest absolute Gasteiger partial charge is 0.416 e. The molecule has 1 aromatic carbocycles. The topological polar surface area (TPSA) is 75.5 Å². The van der Waals surface area contributed by atoms with E-state index in [2.05, 4.69) is 5.10 Å². The normalized spacial score (nSPS) is 16.2. The number of sulfonamides is 1. The summed E-state index contributed by atoms with van der Waals surface area (Å²) in [5, 5.41) is 4.34. The molecule has 0 spiro atoms. The number of benzene rings is 1. The minimum atomic E-state index is -4.47. The predicted octanol–water partition coefficient (Wildman–Crippen LogP) is 3.25. The van der Waals surface area contributed by atoms with Crippen LogP contribution in [0.5, 0.6) is 0 Å². The van der Waals surface area contributed by atoms with E-state index in [1.807, 2.05) is 13.8 Å². The van der Waals surface area contributed by atoms with Crippen LogP contribution < -0.4 is 0 Å². The lowest BCUT2D eigenvalue weighted by molar-refractivity contribution is -0.137. The first-order chi connectivity index (χ1) is 14.3. The Hall–Kier alpha value is -2.40. The lowest BCUT2D eigenvalue weighted by Gasteiger charge is -2.34. The highest BCUT2D eigenvalue weighted by Crippen LogP contribution is 2.30. The van der Waals surface area contributed by atoms with Gasteiger partial charge in [-0.2, -0.15) is 22.6 Å². The summed E-state index contributed by atoms with van der Waals surface area (Å²) in [7, 11) is -3.78. The van der Waals surface area contributed by atoms with Gasteiger partial charge < -0.3 is 4.90 Å². The fourth-order valence-corrected chi connectivity index (χ4v) is 5.55. The third-order valence-corrected chi connectivity index (χ3v) is 7.48. The summed E-state index contributed by atoms with van der Waals surface area (Å²) >= 11 is 0. The van der Waals surface area contributed by atoms with Gasteiger partial charge in [0.15, 0.2) is 0 Å². The number of hydrogen-bond donors (Lipinski definition) is 0. The van der Waals surface area contributed by atoms with Gasteiger partial charge in [0.05, 0.1) is 17.0 Å². The van der Waals surface area contributed by atoms with Crippen LogP contribution in [-0.2, 0) is 16.2 Å². The van der Waals surface area contributed by atoms with Crippen LogP contribution >= 0.6 is 0 Å². The molecule has 2 heterocycles. The van der Waals surface area contributed by atoms with Crippen LogP contribution in [0.15, 0.2) is 29.2 Å². The number of rotatable bonds is 4. The number of aryl methyl sites for hydroxylation is 1. The number of amides is 1. The smallest absolute Gasteiger partial charge is 0.336 e. The molecule has 170 valence electrons. The van der Waals surface area contributed by atoms with E-state index in [1.54, 1.807) is 18.5 Å². The number of piperazine rings is 1. The van der Waals surface area contributed by atoms with Gasteiger partial charge in [-0.1, -0.05) is 0 Å². The van der Waals surface area contributed by atoms with Crippen molar-refractivity contribution in [2.75, 3.05) is 26.2 Å². The fourth-order valence-electron chi connectivity index (χ4n) is 3.77. The molecule has 2 aromatic rings. The van der Waals surface area contributed by atoms with Crippen LogP contribution in [0.3, 0.4) is 0 Å². The molecule has 1 fully saturated rings. The molecule has 1 aliphatic heterocycles. The standard InChI is InChI=1S/C20H25F3N4O3S/c1-13(2)27-15(4)18(14(3)24-27)31(29,30)26-11-9-25(10-12-26)19(28)16-5-7-17(8-6-16)20(21,22)23/h5-8,13H,9-12H2,1-4H3. The Labute approximate surface area is 179 Å². The van der Waals surface area contributed by atoms with Crippen molar-refractivity contribution in [3.63, 3.8) is 0 Å². The lowest BCUT2D eigenvalue weighted by Crippen LogP contribution is -2.50. The summed E-state index contributed by atoms with van der Waals surface area (Å²) in [6, 6.07) is 4.03. The summed E-state index contributed by atoms with van der Waals surface area (Å²) in [5.41, 5.74) is 0.298. The monoisotopic (exact) mass is 458 g/mol. The molecule has 0 radical (unpaired) electrons. The van der Waals surface area contributed by atoms with Crippen molar-refractivity contribution in [2.24, 2.45) is 0 Å². The van der Waals surface area contributed by atoms with Gasteiger partial charge in [0.1, 0.15) is 4.90 Å². The summed E-state index contributed by atoms with van der Waals surface area (Å²) < 4.78 is 67.5. The number of aromatic nitrogens is 2. The Bertz CT molecular complexity index is 1070. The molecular weight excluding hydrogens is 433 g/mol. The van der Waals surface area contributed by atoms with E-state index in [4.69, 9.17) is 0 Å². The van der Waals surface area contributed by atoms with E-state index < -0.39 is 27.7 Å². The number of carbonyl (C=O) groups excluding carboxylic acids is 1. The van der Waals surface area contributed by atoms with Crippen LogP contribution in [0.25, 0.3) is 0 Å². The SMILES string of the molecule is Cc1nn(C(C)C)c(C)c1S(=O)(=O)N1CCN(C(=O)c2ccc(C(F)(F)F)cc2)CC1. The van der Waals surface area contributed by atoms with Gasteiger partial charge in [-0.05, 0) is 52.0 Å². The predicted molar refractivity (Wildman–Crippen MR) is 108 cm³/mol. The van der Waals surface area contributed by atoms with Gasteiger partial charge in [0, 0.05) is 37.8 Å². The number of halogens is 3. The van der Waals surface area contributed by atoms with Crippen LogP contribution in [0.4, 0.5) is 13.2 Å². The highest BCUT2D eigenvalue weighted by molar-refractivity contribution is 7.89. The molecule has 0 bridgehead atoms. The van der Waals surface area contributed by atoms with Crippen molar-refractivity contribution < 1.29 is 26.4 Å². The van der Waals surface area contributed by atoms with Crippen molar-refractivity contribution in [1.29, 1.82) is 0 Å². The minimum Gasteiger partial charge on any atom is -0.336 e. The molecule has 11 heteroatoms. The Morgan fingerprint density at radius 1 is 1.03 bits per heavy atom. The third kappa shape index (κ3) is 4.47. The molecule has 0 saturated carbocycles. The summed E-state index contributed by atoms with van der Waals surface area (Å²) in [4.78, 5) is 14.3. The van der Waals surface area contributed by atoms with Crippen LogP contribution in [0.1, 0.15) is 47.2 Å². The molecule has 7 nitrogen and oxygen atoms in total. The minimum absolute atomic E-state index is 0.0147. The first-order valence-electron chi connectivity index (χ1n) is 9.86. The molecule has 0 atom stereocenters. The Morgan fingerprint density at radius 2 is 1.58 bits per heavy atom. The molecule has 1 amide bonds. The molecule has 0 N–H and O–H groups in total. The summed E-state index contributed by atoms with van der Waals surface area (Å²) in [6.45, 7) is 7.70. The summed E-state index contributed by atoms with van der Waals surface area (Å²) in [5.74, 6) is -0.425. The Morgan fingerprint density at radius 3 is 2.03 bits per heavy atom. The van der Waals surface area contributed by atoms with Crippen molar-refractivity contribution >= 4 is 15.9 Å². The zero-order valence-corrected chi connectivity index (χ0v) is 18.6. The average molecular weight is 459 g/mol. The van der Waals surface area contributed by atoms with E-state index in [0.717, 1.165) is 24.3 Å². The third-order valence-electron chi connectivity index (χ3n) is 5.33. The van der Waals surface area contributed by atoms with Gasteiger partial charge in [-0.15, -0.1) is 0 Å². The van der Waals surface area contributed by atoms with Crippen molar-refractivity contribution in [2.45, 2.75) is 44.8 Å². The zero-order chi connectivity index (χ0) is 23.1. The number of carbonyl (C=O) groups is 1. The van der Waals surface area contributed by atoms with Crippen LogP contribution in [0, 0.1) is 13.8 Å². The van der Waals surface area contributed by atoms with Crippen LogP contribution in [0.2, 0.25) is 0 Å². The van der Waals surface area contributed by atoms with E-state index in [9.17, 15) is 26.4 Å². The fraction of sp³-hybridized carbons (Fsp3) is 0.500. The Balaban J connectivity index is 1.72. The number of nitrogens with zero attached hydrogens (tertiary/aromatic N) is 4. The highest BCUT2D eigenvalue weighted by Gasteiger charge is 2.35.